The van der Waals surface area contributed by atoms with Crippen LogP contribution < -0.4 is 0 Å². The van der Waals surface area contributed by atoms with Crippen molar-refractivity contribution in [1.29, 1.82) is 0 Å². The summed E-state index contributed by atoms with van der Waals surface area (Å²) in [5.74, 6) is 1.27. The Balaban J connectivity index is 1.47. The van der Waals surface area contributed by atoms with Gasteiger partial charge in [-0.25, -0.2) is 4.98 Å². The maximum atomic E-state index is 13.5. The summed E-state index contributed by atoms with van der Waals surface area (Å²) in [7, 11) is 0. The van der Waals surface area contributed by atoms with E-state index in [0.717, 1.165) is 47.3 Å². The zero-order valence-corrected chi connectivity index (χ0v) is 24.1. The highest BCUT2D eigenvalue weighted by atomic mass is 35.5. The second-order valence-corrected chi connectivity index (χ2v) is 10.0. The lowest BCUT2D eigenvalue weighted by molar-refractivity contribution is 0.0159. The molecule has 0 aliphatic heterocycles. The number of hydrogen-bond donors (Lipinski definition) is 0. The average Bonchev–Trinajstić information content (AvgIpc) is 3.61. The number of ketones is 1. The molecule has 5 aromatic rings. The van der Waals surface area contributed by atoms with Crippen molar-refractivity contribution in [3.8, 4) is 22.5 Å². The monoisotopic (exact) mass is 569 g/mol. The van der Waals surface area contributed by atoms with Crippen LogP contribution in [0.3, 0.4) is 0 Å². The first-order valence-electron chi connectivity index (χ1n) is 13.8. The maximum Gasteiger partial charge on any atom is 0.212 e. The molecule has 1 atom stereocenters. The summed E-state index contributed by atoms with van der Waals surface area (Å²) in [5.41, 5.74) is 4.88. The maximum absolute atomic E-state index is 13.5. The number of benzene rings is 2. The molecule has 0 spiro atoms. The lowest BCUT2D eigenvalue weighted by Gasteiger charge is -2.15. The van der Waals surface area contributed by atoms with E-state index in [1.807, 2.05) is 36.6 Å². The van der Waals surface area contributed by atoms with Crippen molar-refractivity contribution in [2.45, 2.75) is 52.8 Å². The predicted molar refractivity (Wildman–Crippen MR) is 158 cm³/mol. The normalized spacial score (nSPS) is 12.0. The van der Waals surface area contributed by atoms with Gasteiger partial charge in [-0.2, -0.15) is 4.68 Å². The minimum atomic E-state index is -0.298. The first-order valence-corrected chi connectivity index (χ1v) is 14.2. The number of imidazole rings is 1. The molecule has 3 aromatic heterocycles. The summed E-state index contributed by atoms with van der Waals surface area (Å²) >= 11 is 6.57. The van der Waals surface area contributed by atoms with Crippen LogP contribution in [0.2, 0.25) is 5.15 Å². The lowest BCUT2D eigenvalue weighted by atomic mass is 9.98. The smallest absolute Gasteiger partial charge is 0.212 e. The Morgan fingerprint density at radius 2 is 1.73 bits per heavy atom. The Morgan fingerprint density at radius 3 is 2.44 bits per heavy atom. The first kappa shape index (κ1) is 28.3. The van der Waals surface area contributed by atoms with Gasteiger partial charge in [0.25, 0.3) is 0 Å². The third-order valence-electron chi connectivity index (χ3n) is 6.93. The third kappa shape index (κ3) is 6.11. The van der Waals surface area contributed by atoms with E-state index in [1.165, 1.54) is 0 Å². The molecule has 0 amide bonds. The van der Waals surface area contributed by atoms with Gasteiger partial charge in [-0.15, -0.1) is 5.10 Å². The van der Waals surface area contributed by atoms with Crippen molar-refractivity contribution in [2.75, 3.05) is 6.61 Å². The van der Waals surface area contributed by atoms with Crippen LogP contribution in [0, 0.1) is 0 Å². The summed E-state index contributed by atoms with van der Waals surface area (Å²) in [6.07, 6.45) is 5.61. The predicted octanol–water partition coefficient (Wildman–Crippen LogP) is 6.43. The molecule has 210 valence electrons. The van der Waals surface area contributed by atoms with Crippen molar-refractivity contribution >= 4 is 17.4 Å². The van der Waals surface area contributed by atoms with E-state index in [9.17, 15) is 4.79 Å². The van der Waals surface area contributed by atoms with Gasteiger partial charge in [0.15, 0.2) is 17.2 Å². The highest BCUT2D eigenvalue weighted by Gasteiger charge is 2.23. The number of unbranched alkanes of at least 4 members (excludes halogenated alkanes) is 1. The molecule has 9 nitrogen and oxygen atoms in total. The van der Waals surface area contributed by atoms with Gasteiger partial charge >= 0.3 is 0 Å². The van der Waals surface area contributed by atoms with Gasteiger partial charge in [0.05, 0.1) is 0 Å². The number of rotatable bonds is 12. The van der Waals surface area contributed by atoms with Gasteiger partial charge in [0.1, 0.15) is 11.5 Å². The van der Waals surface area contributed by atoms with Crippen LogP contribution in [0.4, 0.5) is 0 Å². The molecule has 41 heavy (non-hydrogen) atoms. The summed E-state index contributed by atoms with van der Waals surface area (Å²) in [6.45, 7) is 7.02. The van der Waals surface area contributed by atoms with Crippen LogP contribution in [0.15, 0.2) is 73.1 Å². The van der Waals surface area contributed by atoms with Crippen LogP contribution in [0.5, 0.6) is 0 Å². The van der Waals surface area contributed by atoms with E-state index < -0.39 is 0 Å². The molecule has 0 fully saturated rings. The van der Waals surface area contributed by atoms with Crippen molar-refractivity contribution in [3.63, 3.8) is 0 Å². The summed E-state index contributed by atoms with van der Waals surface area (Å²) < 4.78 is 9.38. The zero-order chi connectivity index (χ0) is 28.8. The Labute approximate surface area is 244 Å². The molecule has 0 N–H and O–H groups in total. The second kappa shape index (κ2) is 13.0. The van der Waals surface area contributed by atoms with E-state index in [1.54, 1.807) is 29.2 Å². The van der Waals surface area contributed by atoms with Crippen LogP contribution in [0.25, 0.3) is 22.5 Å². The third-order valence-corrected chi connectivity index (χ3v) is 7.20. The topological polar surface area (TPSA) is 101 Å². The zero-order valence-electron chi connectivity index (χ0n) is 23.4. The number of carbonyl (C=O) groups is 1. The molecule has 0 radical (unpaired) electrons. The summed E-state index contributed by atoms with van der Waals surface area (Å²) in [4.78, 5) is 22.1. The molecule has 1 unspecified atom stereocenters. The number of carbonyl (C=O) groups excluding carboxylic acids is 1. The SMILES string of the molecule is CCCCc1nc(Cl)c(C(=O)c2ccncc2)n1Cc1ccc(-c2ccccc2-c2nnnn2C(C)OCC)cc1. The van der Waals surface area contributed by atoms with Gasteiger partial charge in [-0.3, -0.25) is 9.78 Å². The molecule has 10 heteroatoms. The molecule has 0 aliphatic rings. The minimum absolute atomic E-state index is 0.169. The molecule has 0 saturated heterocycles. The number of pyridine rings is 1. The Kier molecular flexibility index (Phi) is 8.96. The molecule has 2 aromatic carbocycles. The molecule has 0 bridgehead atoms. The van der Waals surface area contributed by atoms with Gasteiger partial charge in [-0.1, -0.05) is 73.5 Å². The molecule has 0 aliphatic carbocycles. The van der Waals surface area contributed by atoms with Crippen molar-refractivity contribution < 1.29 is 9.53 Å². The molecule has 5 rings (SSSR count). The molecule has 3 heterocycles. The molecular weight excluding hydrogens is 538 g/mol. The Hall–Kier alpha value is -4.21. The number of tetrazole rings is 1. The summed E-state index contributed by atoms with van der Waals surface area (Å²) in [5, 5.41) is 12.6. The minimum Gasteiger partial charge on any atom is -0.357 e. The Morgan fingerprint density at radius 1 is 1.00 bits per heavy atom. The Bertz CT molecular complexity index is 1610. The lowest BCUT2D eigenvalue weighted by Crippen LogP contribution is -2.14. The van der Waals surface area contributed by atoms with Gasteiger partial charge in [-0.05, 0) is 59.5 Å². The number of aromatic nitrogens is 7. The van der Waals surface area contributed by atoms with Crippen molar-refractivity contribution in [2.24, 2.45) is 0 Å². The highest BCUT2D eigenvalue weighted by molar-refractivity contribution is 6.33. The largest absolute Gasteiger partial charge is 0.357 e. The van der Waals surface area contributed by atoms with Crippen molar-refractivity contribution in [3.05, 3.63) is 101 Å². The number of nitrogens with zero attached hydrogens (tertiary/aromatic N) is 7. The number of ether oxygens (including phenoxy) is 1. The van der Waals surface area contributed by atoms with E-state index in [2.05, 4.69) is 62.7 Å². The first-order chi connectivity index (χ1) is 20.0. The van der Waals surface area contributed by atoms with Gasteiger partial charge in [0.2, 0.25) is 5.78 Å². The van der Waals surface area contributed by atoms with Gasteiger partial charge < -0.3 is 9.30 Å². The number of hydrogen-bond acceptors (Lipinski definition) is 7. The van der Waals surface area contributed by atoms with E-state index in [-0.39, 0.29) is 17.2 Å². The average molecular weight is 570 g/mol. The van der Waals surface area contributed by atoms with Crippen LogP contribution in [0.1, 0.15) is 67.3 Å². The van der Waals surface area contributed by atoms with E-state index >= 15 is 0 Å². The quantitative estimate of drug-likeness (QED) is 0.160. The number of halogens is 1. The van der Waals surface area contributed by atoms with Gasteiger partial charge in [0, 0.05) is 43.1 Å². The van der Waals surface area contributed by atoms with E-state index in [0.29, 0.717) is 30.2 Å². The standard InChI is InChI=1S/C31H32ClN7O2/c1-4-6-11-27-34-30(32)28(29(40)24-16-18-33-19-17-24)38(27)20-22-12-14-23(15-13-22)25-9-7-8-10-26(25)31-35-36-37-39(31)21(3)41-5-2/h7-10,12-19,21H,4-6,11,20H2,1-3H3. The van der Waals surface area contributed by atoms with Crippen LogP contribution in [-0.2, 0) is 17.7 Å². The number of aryl methyl sites for hydroxylation is 1. The van der Waals surface area contributed by atoms with Crippen LogP contribution in [-0.4, -0.2) is 47.1 Å². The fourth-order valence-corrected chi connectivity index (χ4v) is 5.13. The fraction of sp³-hybridized carbons (Fsp3) is 0.290. The second-order valence-electron chi connectivity index (χ2n) is 9.67. The fourth-order valence-electron chi connectivity index (χ4n) is 4.85. The highest BCUT2D eigenvalue weighted by Crippen LogP contribution is 2.32. The van der Waals surface area contributed by atoms with Crippen LogP contribution >= 0.6 is 11.6 Å². The molecular formula is C31H32ClN7O2. The molecule has 0 saturated carbocycles. The van der Waals surface area contributed by atoms with Crippen molar-refractivity contribution in [1.82, 2.24) is 34.7 Å². The summed E-state index contributed by atoms with van der Waals surface area (Å²) in [6, 6.07) is 19.7. The van der Waals surface area contributed by atoms with E-state index in [4.69, 9.17) is 16.3 Å².